The van der Waals surface area contributed by atoms with Crippen LogP contribution in [-0.4, -0.2) is 24.4 Å². The summed E-state index contributed by atoms with van der Waals surface area (Å²) in [6.45, 7) is 3.45. The molecule has 1 aromatic carbocycles. The molecule has 116 valence electrons. The van der Waals surface area contributed by atoms with Crippen LogP contribution in [0, 0.1) is 16.0 Å². The Kier molecular flexibility index (Phi) is 8.31. The van der Waals surface area contributed by atoms with Crippen LogP contribution in [-0.2, 0) is 20.9 Å². The highest BCUT2D eigenvalue weighted by atomic mass is 16.6. The maximum Gasteiger partial charge on any atom is 0.293 e. The van der Waals surface area contributed by atoms with Gasteiger partial charge in [-0.1, -0.05) is 26.0 Å². The standard InChI is InChI=1S/C12H14N2O5.CH5N/c1-8(2)12(16)13-11-9(6-19-7-15)4-3-5-10(11)14(17)18;1-2/h3-5,7-8H,6H2,1-2H3,(H,13,16);2H2,1H3. The molecule has 21 heavy (non-hydrogen) atoms. The number of hydrogen-bond donors (Lipinski definition) is 2. The first kappa shape index (κ1) is 18.5. The van der Waals surface area contributed by atoms with Crippen molar-refractivity contribution in [2.75, 3.05) is 12.4 Å². The van der Waals surface area contributed by atoms with Crippen molar-refractivity contribution in [3.8, 4) is 0 Å². The van der Waals surface area contributed by atoms with Crippen molar-refractivity contribution in [3.05, 3.63) is 33.9 Å². The molecule has 0 bridgehead atoms. The number of hydrogen-bond acceptors (Lipinski definition) is 6. The average Bonchev–Trinajstić information content (AvgIpc) is 2.47. The van der Waals surface area contributed by atoms with Gasteiger partial charge >= 0.3 is 0 Å². The predicted octanol–water partition coefficient (Wildman–Crippen LogP) is 1.44. The van der Waals surface area contributed by atoms with E-state index in [1.54, 1.807) is 19.9 Å². The number of nitrogens with two attached hydrogens (primary N) is 1. The van der Waals surface area contributed by atoms with E-state index in [0.717, 1.165) is 0 Å². The zero-order valence-electron chi connectivity index (χ0n) is 12.2. The Morgan fingerprint density at radius 2 is 2.10 bits per heavy atom. The van der Waals surface area contributed by atoms with Crippen LogP contribution >= 0.6 is 0 Å². The van der Waals surface area contributed by atoms with Gasteiger partial charge in [0.05, 0.1) is 4.92 Å². The number of nitro benzene ring substituents is 1. The first-order valence-corrected chi connectivity index (χ1v) is 6.17. The molecule has 1 rings (SSSR count). The number of nitro groups is 1. The van der Waals surface area contributed by atoms with Gasteiger partial charge in [-0.15, -0.1) is 0 Å². The quantitative estimate of drug-likeness (QED) is 0.465. The molecule has 1 amide bonds. The Hall–Kier alpha value is -2.48. The normalized spacial score (nSPS) is 9.38. The molecule has 0 heterocycles. The molecule has 0 aromatic heterocycles. The van der Waals surface area contributed by atoms with E-state index >= 15 is 0 Å². The summed E-state index contributed by atoms with van der Waals surface area (Å²) in [6.07, 6.45) is 0. The van der Waals surface area contributed by atoms with Gasteiger partial charge in [-0.3, -0.25) is 19.7 Å². The number of para-hydroxylation sites is 1. The first-order valence-electron chi connectivity index (χ1n) is 6.17. The highest BCUT2D eigenvalue weighted by molar-refractivity contribution is 5.95. The summed E-state index contributed by atoms with van der Waals surface area (Å²) in [6, 6.07) is 4.29. The molecule has 0 saturated heterocycles. The molecule has 0 unspecified atom stereocenters. The van der Waals surface area contributed by atoms with Gasteiger partial charge in [0.25, 0.3) is 12.2 Å². The Morgan fingerprint density at radius 1 is 1.48 bits per heavy atom. The number of amides is 1. The van der Waals surface area contributed by atoms with E-state index in [-0.39, 0.29) is 36.3 Å². The van der Waals surface area contributed by atoms with Crippen LogP contribution in [0.3, 0.4) is 0 Å². The van der Waals surface area contributed by atoms with E-state index in [1.165, 1.54) is 19.2 Å². The lowest BCUT2D eigenvalue weighted by molar-refractivity contribution is -0.384. The summed E-state index contributed by atoms with van der Waals surface area (Å²) in [5, 5.41) is 13.4. The molecule has 0 spiro atoms. The fourth-order valence-corrected chi connectivity index (χ4v) is 1.39. The minimum atomic E-state index is -0.597. The molecule has 0 saturated carbocycles. The van der Waals surface area contributed by atoms with Crippen molar-refractivity contribution < 1.29 is 19.2 Å². The summed E-state index contributed by atoms with van der Waals surface area (Å²) < 4.78 is 4.58. The number of anilines is 1. The Labute approximate surface area is 122 Å². The monoisotopic (exact) mass is 297 g/mol. The molecule has 8 heteroatoms. The first-order chi connectivity index (χ1) is 9.97. The molecule has 0 atom stereocenters. The zero-order chi connectivity index (χ0) is 16.4. The third-order valence-corrected chi connectivity index (χ3v) is 2.40. The number of carbonyl (C=O) groups is 2. The van der Waals surface area contributed by atoms with E-state index in [0.29, 0.717) is 5.56 Å². The molecule has 0 aliphatic rings. The second kappa shape index (κ2) is 9.43. The van der Waals surface area contributed by atoms with Gasteiger partial charge < -0.3 is 15.8 Å². The SMILES string of the molecule is CC(C)C(=O)Nc1c(COC=O)cccc1[N+](=O)[O-].CN. The summed E-state index contributed by atoms with van der Waals surface area (Å²) in [5.41, 5.74) is 4.70. The van der Waals surface area contributed by atoms with Gasteiger partial charge in [-0.2, -0.15) is 0 Å². The number of nitrogens with zero attached hydrogens (tertiary/aromatic N) is 1. The molecule has 0 aliphatic carbocycles. The van der Waals surface area contributed by atoms with E-state index in [2.05, 4.69) is 15.8 Å². The minimum absolute atomic E-state index is 0.0630. The predicted molar refractivity (Wildman–Crippen MR) is 77.5 cm³/mol. The fraction of sp³-hybridized carbons (Fsp3) is 0.385. The molecule has 0 radical (unpaired) electrons. The lowest BCUT2D eigenvalue weighted by atomic mass is 10.1. The molecular weight excluding hydrogens is 278 g/mol. The summed E-state index contributed by atoms with van der Waals surface area (Å²) in [7, 11) is 1.50. The second-order valence-corrected chi connectivity index (χ2v) is 4.12. The van der Waals surface area contributed by atoms with Crippen molar-refractivity contribution in [2.24, 2.45) is 11.7 Å². The highest BCUT2D eigenvalue weighted by Crippen LogP contribution is 2.29. The molecule has 1 aromatic rings. The van der Waals surface area contributed by atoms with Crippen LogP contribution < -0.4 is 11.1 Å². The molecular formula is C13H19N3O5. The minimum Gasteiger partial charge on any atom is -0.463 e. The van der Waals surface area contributed by atoms with E-state index < -0.39 is 4.92 Å². The topological polar surface area (TPSA) is 125 Å². The Morgan fingerprint density at radius 3 is 2.57 bits per heavy atom. The lowest BCUT2D eigenvalue weighted by Gasteiger charge is -2.12. The second-order valence-electron chi connectivity index (χ2n) is 4.12. The number of nitrogens with one attached hydrogen (secondary N) is 1. The van der Waals surface area contributed by atoms with Crippen molar-refractivity contribution in [1.82, 2.24) is 0 Å². The van der Waals surface area contributed by atoms with Gasteiger partial charge in [0.2, 0.25) is 5.91 Å². The molecule has 0 fully saturated rings. The molecule has 8 nitrogen and oxygen atoms in total. The van der Waals surface area contributed by atoms with Crippen molar-refractivity contribution in [2.45, 2.75) is 20.5 Å². The molecule has 0 aliphatic heterocycles. The summed E-state index contributed by atoms with van der Waals surface area (Å²) in [5.74, 6) is -0.665. The van der Waals surface area contributed by atoms with Crippen molar-refractivity contribution in [3.63, 3.8) is 0 Å². The maximum absolute atomic E-state index is 11.7. The zero-order valence-corrected chi connectivity index (χ0v) is 12.2. The summed E-state index contributed by atoms with van der Waals surface area (Å²) in [4.78, 5) is 32.2. The molecule has 3 N–H and O–H groups in total. The fourth-order valence-electron chi connectivity index (χ4n) is 1.39. The van der Waals surface area contributed by atoms with E-state index in [4.69, 9.17) is 0 Å². The largest absolute Gasteiger partial charge is 0.463 e. The third kappa shape index (κ3) is 5.57. The van der Waals surface area contributed by atoms with Crippen LogP contribution in [0.15, 0.2) is 18.2 Å². The van der Waals surface area contributed by atoms with Crippen LogP contribution in [0.25, 0.3) is 0 Å². The number of rotatable bonds is 6. The maximum atomic E-state index is 11.7. The van der Waals surface area contributed by atoms with Crippen LogP contribution in [0.5, 0.6) is 0 Å². The van der Waals surface area contributed by atoms with E-state index in [1.807, 2.05) is 0 Å². The summed E-state index contributed by atoms with van der Waals surface area (Å²) >= 11 is 0. The van der Waals surface area contributed by atoms with Crippen molar-refractivity contribution in [1.29, 1.82) is 0 Å². The van der Waals surface area contributed by atoms with Crippen LogP contribution in [0.4, 0.5) is 11.4 Å². The highest BCUT2D eigenvalue weighted by Gasteiger charge is 2.20. The number of carbonyl (C=O) groups excluding carboxylic acids is 2. The Bertz CT molecular complexity index is 503. The van der Waals surface area contributed by atoms with Crippen molar-refractivity contribution >= 4 is 23.8 Å². The number of benzene rings is 1. The van der Waals surface area contributed by atoms with Crippen LogP contribution in [0.2, 0.25) is 0 Å². The number of ether oxygens (including phenoxy) is 1. The van der Waals surface area contributed by atoms with Gasteiger partial charge in [0, 0.05) is 17.5 Å². The lowest BCUT2D eigenvalue weighted by Crippen LogP contribution is -2.19. The van der Waals surface area contributed by atoms with E-state index in [9.17, 15) is 19.7 Å². The van der Waals surface area contributed by atoms with Gasteiger partial charge in [-0.25, -0.2) is 0 Å². The van der Waals surface area contributed by atoms with Gasteiger partial charge in [-0.05, 0) is 7.05 Å². The average molecular weight is 297 g/mol. The third-order valence-electron chi connectivity index (χ3n) is 2.40. The smallest absolute Gasteiger partial charge is 0.293 e. The van der Waals surface area contributed by atoms with Gasteiger partial charge in [0.1, 0.15) is 12.3 Å². The Balaban J connectivity index is 0.00000191. The van der Waals surface area contributed by atoms with Gasteiger partial charge in [0.15, 0.2) is 0 Å². The van der Waals surface area contributed by atoms with Crippen LogP contribution in [0.1, 0.15) is 19.4 Å².